The summed E-state index contributed by atoms with van der Waals surface area (Å²) in [5.41, 5.74) is 4.23. The molecule has 0 spiro atoms. The van der Waals surface area contributed by atoms with E-state index in [1.807, 2.05) is 44.2 Å². The number of aromatic nitrogens is 4. The molecule has 38 heavy (non-hydrogen) atoms. The van der Waals surface area contributed by atoms with E-state index in [4.69, 9.17) is 4.74 Å². The first-order valence-electron chi connectivity index (χ1n) is 12.3. The van der Waals surface area contributed by atoms with Crippen LogP contribution in [0.15, 0.2) is 65.8 Å². The topological polar surface area (TPSA) is 111 Å². The first kappa shape index (κ1) is 25.8. The van der Waals surface area contributed by atoms with E-state index in [1.54, 1.807) is 25.2 Å². The Bertz CT molecular complexity index is 1540. The van der Waals surface area contributed by atoms with Crippen LogP contribution in [0.3, 0.4) is 0 Å². The van der Waals surface area contributed by atoms with E-state index in [0.29, 0.717) is 18.0 Å². The largest absolute Gasteiger partial charge is 0.439 e. The minimum atomic E-state index is -3.98. The number of benzene rings is 2. The van der Waals surface area contributed by atoms with Gasteiger partial charge < -0.3 is 10.1 Å². The maximum atomic E-state index is 14.4. The molecule has 0 radical (unpaired) electrons. The van der Waals surface area contributed by atoms with Crippen molar-refractivity contribution in [1.82, 2.24) is 25.1 Å². The Morgan fingerprint density at radius 3 is 2.50 bits per heavy atom. The van der Waals surface area contributed by atoms with Crippen molar-refractivity contribution in [3.8, 4) is 22.9 Å². The van der Waals surface area contributed by atoms with E-state index in [-0.39, 0.29) is 22.6 Å². The van der Waals surface area contributed by atoms with E-state index in [1.165, 1.54) is 17.1 Å². The molecule has 2 unspecified atom stereocenters. The third-order valence-electron chi connectivity index (χ3n) is 6.60. The van der Waals surface area contributed by atoms with Gasteiger partial charge in [-0.05, 0) is 55.6 Å². The van der Waals surface area contributed by atoms with Gasteiger partial charge in [0.25, 0.3) is 10.0 Å². The van der Waals surface area contributed by atoms with Crippen molar-refractivity contribution in [2.24, 2.45) is 7.05 Å². The van der Waals surface area contributed by atoms with Gasteiger partial charge in [-0.3, -0.25) is 4.68 Å². The van der Waals surface area contributed by atoms with Crippen LogP contribution in [0.5, 0.6) is 11.6 Å². The number of ether oxygens (including phenoxy) is 1. The number of nitrogens with one attached hydrogen (secondary N) is 2. The van der Waals surface area contributed by atoms with Crippen LogP contribution in [-0.4, -0.2) is 47.4 Å². The van der Waals surface area contributed by atoms with Crippen molar-refractivity contribution in [3.63, 3.8) is 0 Å². The smallest absolute Gasteiger partial charge is 0.267 e. The predicted octanol–water partition coefficient (Wildman–Crippen LogP) is 4.50. The third-order valence-corrected chi connectivity index (χ3v) is 7.88. The van der Waals surface area contributed by atoms with Gasteiger partial charge >= 0.3 is 0 Å². The van der Waals surface area contributed by atoms with E-state index >= 15 is 0 Å². The lowest BCUT2D eigenvalue weighted by atomic mass is 9.89. The zero-order valence-electron chi connectivity index (χ0n) is 21.3. The highest BCUT2D eigenvalue weighted by atomic mass is 32.2. The summed E-state index contributed by atoms with van der Waals surface area (Å²) >= 11 is 0. The number of alkyl halides is 1. The lowest BCUT2D eigenvalue weighted by Gasteiger charge is -2.27. The number of sulfonamides is 1. The van der Waals surface area contributed by atoms with Crippen LogP contribution >= 0.6 is 0 Å². The quantitative estimate of drug-likeness (QED) is 0.358. The second kappa shape index (κ2) is 10.5. The van der Waals surface area contributed by atoms with Gasteiger partial charge in [0.15, 0.2) is 0 Å². The highest BCUT2D eigenvalue weighted by molar-refractivity contribution is 7.92. The summed E-state index contributed by atoms with van der Waals surface area (Å²) in [5.74, 6) is 0.369. The predicted molar refractivity (Wildman–Crippen MR) is 143 cm³/mol. The van der Waals surface area contributed by atoms with E-state index in [9.17, 15) is 12.8 Å². The molecule has 0 aliphatic carbocycles. The molecule has 1 aliphatic heterocycles. The minimum Gasteiger partial charge on any atom is -0.439 e. The lowest BCUT2D eigenvalue weighted by Crippen LogP contribution is -2.36. The Morgan fingerprint density at radius 2 is 1.84 bits per heavy atom. The van der Waals surface area contributed by atoms with Gasteiger partial charge in [0.1, 0.15) is 16.8 Å². The normalized spacial score (nSPS) is 17.8. The van der Waals surface area contributed by atoms with Crippen molar-refractivity contribution >= 4 is 16.0 Å². The molecule has 2 aromatic carbocycles. The van der Waals surface area contributed by atoms with E-state index in [2.05, 4.69) is 25.1 Å². The molecular formula is C27H29FN6O3S. The number of aryl methyl sites for hydroxylation is 3. The number of nitrogens with zero attached hydrogens (tertiary/aromatic N) is 4. The van der Waals surface area contributed by atoms with Gasteiger partial charge in [0.2, 0.25) is 11.8 Å². The van der Waals surface area contributed by atoms with Crippen molar-refractivity contribution in [2.75, 3.05) is 17.8 Å². The van der Waals surface area contributed by atoms with Gasteiger partial charge in [-0.15, -0.1) is 0 Å². The van der Waals surface area contributed by atoms with Crippen molar-refractivity contribution in [1.29, 1.82) is 0 Å². The molecule has 0 saturated carbocycles. The first-order valence-corrected chi connectivity index (χ1v) is 13.8. The third kappa shape index (κ3) is 5.53. The SMILES string of the molecule is Cc1cccc(C)c1-c1cc(Oc2ccc(C3CCNCC3F)cc2)nc(NS(=O)(=O)c2cnn(C)c2)n1. The van der Waals surface area contributed by atoms with E-state index < -0.39 is 16.2 Å². The Balaban J connectivity index is 1.48. The number of rotatable bonds is 7. The average molecular weight is 537 g/mol. The van der Waals surface area contributed by atoms with Crippen LogP contribution in [0.2, 0.25) is 0 Å². The van der Waals surface area contributed by atoms with Gasteiger partial charge in [-0.1, -0.05) is 30.3 Å². The fourth-order valence-electron chi connectivity index (χ4n) is 4.69. The molecule has 9 nitrogen and oxygen atoms in total. The lowest BCUT2D eigenvalue weighted by molar-refractivity contribution is 0.231. The van der Waals surface area contributed by atoms with Gasteiger partial charge in [0.05, 0.1) is 11.9 Å². The Morgan fingerprint density at radius 1 is 1.11 bits per heavy atom. The standard InChI is InChI=1S/C27H29FN6O3S/c1-17-5-4-6-18(2)26(17)24-13-25(32-27(31-24)33-38(35,36)21-14-30-34(3)16-21)37-20-9-7-19(8-10-20)22-11-12-29-15-23(22)28/h4-10,13-14,16,22-23,29H,11-12,15H2,1-3H3,(H,31,32,33). The summed E-state index contributed by atoms with van der Waals surface area (Å²) in [6, 6.07) is 14.8. The van der Waals surface area contributed by atoms with Crippen LogP contribution in [0, 0.1) is 13.8 Å². The van der Waals surface area contributed by atoms with E-state index in [0.717, 1.165) is 35.2 Å². The number of piperidine rings is 1. The summed E-state index contributed by atoms with van der Waals surface area (Å²) < 4.78 is 50.2. The first-order chi connectivity index (χ1) is 18.2. The number of halogens is 1. The Hall–Kier alpha value is -3.83. The molecule has 2 aromatic heterocycles. The molecule has 0 bridgehead atoms. The molecule has 0 amide bonds. The molecule has 5 rings (SSSR count). The van der Waals surface area contributed by atoms with Crippen LogP contribution in [-0.2, 0) is 17.1 Å². The van der Waals surface area contributed by atoms with Crippen LogP contribution in [0.1, 0.15) is 29.0 Å². The fraction of sp³-hybridized carbons (Fsp3) is 0.296. The molecule has 4 aromatic rings. The second-order valence-electron chi connectivity index (χ2n) is 9.42. The summed E-state index contributed by atoms with van der Waals surface area (Å²) in [7, 11) is -2.35. The molecule has 2 N–H and O–H groups in total. The zero-order valence-corrected chi connectivity index (χ0v) is 22.2. The van der Waals surface area contributed by atoms with Gasteiger partial charge in [-0.25, -0.2) is 22.5 Å². The average Bonchev–Trinajstić information content (AvgIpc) is 3.32. The number of hydrogen-bond acceptors (Lipinski definition) is 7. The Kier molecular flexibility index (Phi) is 7.13. The summed E-state index contributed by atoms with van der Waals surface area (Å²) in [6.45, 7) is 5.05. The summed E-state index contributed by atoms with van der Waals surface area (Å²) in [4.78, 5) is 8.84. The molecule has 2 atom stereocenters. The molecule has 1 saturated heterocycles. The number of anilines is 1. The van der Waals surface area contributed by atoms with Crippen molar-refractivity contribution < 1.29 is 17.5 Å². The van der Waals surface area contributed by atoms with Crippen molar-refractivity contribution in [3.05, 3.63) is 77.6 Å². The maximum absolute atomic E-state index is 14.4. The summed E-state index contributed by atoms with van der Waals surface area (Å²) in [6.07, 6.45) is 2.43. The van der Waals surface area contributed by atoms with Gasteiger partial charge in [0, 0.05) is 37.3 Å². The second-order valence-corrected chi connectivity index (χ2v) is 11.1. The Labute approximate surface area is 221 Å². The fourth-order valence-corrected chi connectivity index (χ4v) is 5.61. The molecular weight excluding hydrogens is 507 g/mol. The highest BCUT2D eigenvalue weighted by Gasteiger charge is 2.26. The molecule has 3 heterocycles. The van der Waals surface area contributed by atoms with Crippen LogP contribution in [0.4, 0.5) is 10.3 Å². The highest BCUT2D eigenvalue weighted by Crippen LogP contribution is 2.33. The zero-order chi connectivity index (χ0) is 26.9. The van der Waals surface area contributed by atoms with Crippen LogP contribution in [0.25, 0.3) is 11.3 Å². The number of hydrogen-bond donors (Lipinski definition) is 2. The minimum absolute atomic E-state index is 0.0109. The molecule has 1 aliphatic rings. The van der Waals surface area contributed by atoms with Gasteiger partial charge in [-0.2, -0.15) is 10.1 Å². The monoisotopic (exact) mass is 536 g/mol. The maximum Gasteiger partial charge on any atom is 0.267 e. The molecule has 1 fully saturated rings. The molecule has 198 valence electrons. The van der Waals surface area contributed by atoms with Crippen LogP contribution < -0.4 is 14.8 Å². The molecule has 11 heteroatoms. The summed E-state index contributed by atoms with van der Waals surface area (Å²) in [5, 5.41) is 7.01. The van der Waals surface area contributed by atoms with Crippen molar-refractivity contribution in [2.45, 2.75) is 37.3 Å².